The minimum atomic E-state index is -0.0450. The summed E-state index contributed by atoms with van der Waals surface area (Å²) in [4.78, 5) is 1.99. The number of rotatable bonds is 5. The average molecular weight is 285 g/mol. The number of anilines is 1. The first-order chi connectivity index (χ1) is 10.0. The van der Waals surface area contributed by atoms with Crippen molar-refractivity contribution in [2.45, 2.75) is 0 Å². The van der Waals surface area contributed by atoms with Crippen LogP contribution in [0.5, 0.6) is 17.2 Å². The number of nitrogens with two attached hydrogens (primary N) is 1. The number of ether oxygens (including phenoxy) is 2. The van der Waals surface area contributed by atoms with E-state index in [4.69, 9.17) is 20.6 Å². The quantitative estimate of drug-likeness (QED) is 0.654. The van der Waals surface area contributed by atoms with Crippen LogP contribution in [0.15, 0.2) is 42.5 Å². The number of nitrogens with zero attached hydrogens (tertiary/aromatic N) is 1. The molecule has 21 heavy (non-hydrogen) atoms. The molecule has 0 aromatic heterocycles. The molecule has 0 saturated heterocycles. The Labute approximate surface area is 124 Å². The summed E-state index contributed by atoms with van der Waals surface area (Å²) < 4.78 is 11.1. The molecule has 2 aromatic carbocycles. The molecule has 0 aliphatic carbocycles. The van der Waals surface area contributed by atoms with Crippen molar-refractivity contribution in [3.63, 3.8) is 0 Å². The number of benzene rings is 2. The SMILES string of the molecule is COc1ccc(C(=N)N)c(Oc2cccc(N(C)C)c2)c1. The van der Waals surface area contributed by atoms with Crippen molar-refractivity contribution in [2.75, 3.05) is 26.1 Å². The zero-order chi connectivity index (χ0) is 15.4. The van der Waals surface area contributed by atoms with Gasteiger partial charge in [0.2, 0.25) is 0 Å². The molecule has 0 heterocycles. The van der Waals surface area contributed by atoms with E-state index in [0.29, 0.717) is 22.8 Å². The van der Waals surface area contributed by atoms with Crippen LogP contribution in [-0.2, 0) is 0 Å². The zero-order valence-electron chi connectivity index (χ0n) is 12.4. The fourth-order valence-corrected chi connectivity index (χ4v) is 1.89. The van der Waals surface area contributed by atoms with E-state index in [2.05, 4.69) is 0 Å². The Morgan fingerprint density at radius 3 is 2.48 bits per heavy atom. The third-order valence-corrected chi connectivity index (χ3v) is 3.04. The van der Waals surface area contributed by atoms with Gasteiger partial charge in [-0.15, -0.1) is 0 Å². The molecule has 110 valence electrons. The lowest BCUT2D eigenvalue weighted by Gasteiger charge is -2.15. The van der Waals surface area contributed by atoms with Crippen molar-refractivity contribution in [2.24, 2.45) is 5.73 Å². The fraction of sp³-hybridized carbons (Fsp3) is 0.188. The van der Waals surface area contributed by atoms with Gasteiger partial charge in [0.1, 0.15) is 23.1 Å². The number of amidine groups is 1. The van der Waals surface area contributed by atoms with Crippen molar-refractivity contribution >= 4 is 11.5 Å². The minimum absolute atomic E-state index is 0.0450. The van der Waals surface area contributed by atoms with Crippen LogP contribution < -0.4 is 20.1 Å². The molecule has 0 aliphatic rings. The predicted octanol–water partition coefficient (Wildman–Crippen LogP) is 2.84. The molecule has 5 heteroatoms. The van der Waals surface area contributed by atoms with Gasteiger partial charge in [-0.25, -0.2) is 0 Å². The van der Waals surface area contributed by atoms with E-state index in [-0.39, 0.29) is 5.84 Å². The summed E-state index contributed by atoms with van der Waals surface area (Å²) >= 11 is 0. The molecule has 0 spiro atoms. The van der Waals surface area contributed by atoms with Gasteiger partial charge in [0.15, 0.2) is 0 Å². The van der Waals surface area contributed by atoms with Gasteiger partial charge < -0.3 is 20.1 Å². The van der Waals surface area contributed by atoms with Crippen LogP contribution in [-0.4, -0.2) is 27.0 Å². The maximum Gasteiger partial charge on any atom is 0.142 e. The van der Waals surface area contributed by atoms with Crippen LogP contribution in [0.1, 0.15) is 5.56 Å². The van der Waals surface area contributed by atoms with Gasteiger partial charge in [0.05, 0.1) is 12.7 Å². The molecule has 0 bridgehead atoms. The summed E-state index contributed by atoms with van der Waals surface area (Å²) in [5.74, 6) is 1.78. The molecule has 0 radical (unpaired) electrons. The lowest BCUT2D eigenvalue weighted by Crippen LogP contribution is -2.12. The van der Waals surface area contributed by atoms with E-state index in [1.54, 1.807) is 25.3 Å². The Balaban J connectivity index is 2.38. The Morgan fingerprint density at radius 1 is 1.10 bits per heavy atom. The highest BCUT2D eigenvalue weighted by molar-refractivity contribution is 5.97. The molecule has 2 rings (SSSR count). The summed E-state index contributed by atoms with van der Waals surface area (Å²) in [6.45, 7) is 0. The van der Waals surface area contributed by atoms with Gasteiger partial charge in [-0.3, -0.25) is 5.41 Å². The first-order valence-electron chi connectivity index (χ1n) is 6.49. The third-order valence-electron chi connectivity index (χ3n) is 3.04. The lowest BCUT2D eigenvalue weighted by atomic mass is 10.1. The molecular weight excluding hydrogens is 266 g/mol. The van der Waals surface area contributed by atoms with E-state index in [1.807, 2.05) is 43.3 Å². The second-order valence-corrected chi connectivity index (χ2v) is 4.77. The smallest absolute Gasteiger partial charge is 0.142 e. The van der Waals surface area contributed by atoms with E-state index in [0.717, 1.165) is 5.69 Å². The number of hydrogen-bond donors (Lipinski definition) is 2. The summed E-state index contributed by atoms with van der Waals surface area (Å²) in [6, 6.07) is 12.9. The standard InChI is InChI=1S/C16H19N3O2/c1-19(2)11-5-4-6-13(9-11)21-15-10-12(20-3)7-8-14(15)16(17)18/h4-10H,1-3H3,(H3,17,18). The average Bonchev–Trinajstić information content (AvgIpc) is 2.47. The first-order valence-corrected chi connectivity index (χ1v) is 6.49. The highest BCUT2D eigenvalue weighted by atomic mass is 16.5. The number of hydrogen-bond acceptors (Lipinski definition) is 4. The molecule has 0 amide bonds. The highest BCUT2D eigenvalue weighted by Gasteiger charge is 2.10. The number of nitrogens with one attached hydrogen (secondary N) is 1. The van der Waals surface area contributed by atoms with Gasteiger partial charge in [-0.05, 0) is 24.3 Å². The topological polar surface area (TPSA) is 71.6 Å². The van der Waals surface area contributed by atoms with Crippen molar-refractivity contribution in [3.05, 3.63) is 48.0 Å². The Kier molecular flexibility index (Phi) is 4.33. The molecular formula is C16H19N3O2. The summed E-state index contributed by atoms with van der Waals surface area (Å²) in [7, 11) is 5.51. The van der Waals surface area contributed by atoms with Crippen LogP contribution in [0.4, 0.5) is 5.69 Å². The molecule has 0 saturated carbocycles. The maximum absolute atomic E-state index is 7.63. The van der Waals surface area contributed by atoms with Crippen LogP contribution in [0, 0.1) is 5.41 Å². The zero-order valence-corrected chi connectivity index (χ0v) is 12.4. The molecule has 5 nitrogen and oxygen atoms in total. The van der Waals surface area contributed by atoms with E-state index >= 15 is 0 Å². The van der Waals surface area contributed by atoms with E-state index in [1.165, 1.54) is 0 Å². The van der Waals surface area contributed by atoms with Gasteiger partial charge in [0, 0.05) is 31.9 Å². The Hall–Kier alpha value is -2.69. The minimum Gasteiger partial charge on any atom is -0.497 e. The second-order valence-electron chi connectivity index (χ2n) is 4.77. The largest absolute Gasteiger partial charge is 0.497 e. The van der Waals surface area contributed by atoms with Crippen LogP contribution >= 0.6 is 0 Å². The molecule has 0 atom stereocenters. The highest BCUT2D eigenvalue weighted by Crippen LogP contribution is 2.30. The third kappa shape index (κ3) is 3.45. The summed E-state index contributed by atoms with van der Waals surface area (Å²) in [6.07, 6.45) is 0. The van der Waals surface area contributed by atoms with Gasteiger partial charge in [0.25, 0.3) is 0 Å². The first kappa shape index (κ1) is 14.7. The maximum atomic E-state index is 7.63. The van der Waals surface area contributed by atoms with Gasteiger partial charge >= 0.3 is 0 Å². The number of methoxy groups -OCH3 is 1. The van der Waals surface area contributed by atoms with Crippen molar-refractivity contribution in [1.29, 1.82) is 5.41 Å². The predicted molar refractivity (Wildman–Crippen MR) is 84.9 cm³/mol. The Bertz CT molecular complexity index is 654. The normalized spacial score (nSPS) is 10.0. The van der Waals surface area contributed by atoms with Crippen molar-refractivity contribution in [1.82, 2.24) is 0 Å². The molecule has 0 aliphatic heterocycles. The summed E-state index contributed by atoms with van der Waals surface area (Å²) in [5, 5.41) is 7.63. The van der Waals surface area contributed by atoms with Crippen molar-refractivity contribution in [3.8, 4) is 17.2 Å². The lowest BCUT2D eigenvalue weighted by molar-refractivity contribution is 0.409. The van der Waals surface area contributed by atoms with Gasteiger partial charge in [-0.2, -0.15) is 0 Å². The van der Waals surface area contributed by atoms with Crippen molar-refractivity contribution < 1.29 is 9.47 Å². The molecule has 3 N–H and O–H groups in total. The van der Waals surface area contributed by atoms with E-state index < -0.39 is 0 Å². The van der Waals surface area contributed by atoms with Crippen LogP contribution in [0.3, 0.4) is 0 Å². The van der Waals surface area contributed by atoms with Gasteiger partial charge in [-0.1, -0.05) is 6.07 Å². The van der Waals surface area contributed by atoms with E-state index in [9.17, 15) is 0 Å². The fourth-order valence-electron chi connectivity index (χ4n) is 1.89. The Morgan fingerprint density at radius 2 is 1.86 bits per heavy atom. The second kappa shape index (κ2) is 6.17. The van der Waals surface area contributed by atoms with Crippen LogP contribution in [0.2, 0.25) is 0 Å². The number of nitrogen functional groups attached to an aromatic ring is 1. The monoisotopic (exact) mass is 285 g/mol. The molecule has 0 unspecified atom stereocenters. The molecule has 2 aromatic rings. The molecule has 0 fully saturated rings. The summed E-state index contributed by atoms with van der Waals surface area (Å²) in [5.41, 5.74) is 7.15. The van der Waals surface area contributed by atoms with Crippen LogP contribution in [0.25, 0.3) is 0 Å².